The quantitative estimate of drug-likeness (QED) is 0.413. The van der Waals surface area contributed by atoms with Crippen molar-refractivity contribution < 1.29 is 18.8 Å². The highest BCUT2D eigenvalue weighted by Gasteiger charge is 2.32. The maximum Gasteiger partial charge on any atom is 0.235 e. The van der Waals surface area contributed by atoms with Gasteiger partial charge in [0.25, 0.3) is 0 Å². The van der Waals surface area contributed by atoms with Gasteiger partial charge in [0.2, 0.25) is 11.8 Å². The molecule has 1 aromatic heterocycles. The number of imide groups is 1. The minimum absolute atomic E-state index is 0.240. The van der Waals surface area contributed by atoms with E-state index >= 15 is 0 Å². The fraction of sp³-hybridized carbons (Fsp3) is 0.435. The van der Waals surface area contributed by atoms with Crippen molar-refractivity contribution in [2.24, 2.45) is 0 Å². The van der Waals surface area contributed by atoms with Crippen LogP contribution in [0.3, 0.4) is 0 Å². The van der Waals surface area contributed by atoms with Gasteiger partial charge in [-0.3, -0.25) is 14.9 Å². The van der Waals surface area contributed by atoms with Crippen LogP contribution in [0.2, 0.25) is 0 Å². The summed E-state index contributed by atoms with van der Waals surface area (Å²) in [6.45, 7) is 3.56. The van der Waals surface area contributed by atoms with E-state index in [0.29, 0.717) is 36.8 Å². The molecule has 2 amide bonds. The zero-order valence-electron chi connectivity index (χ0n) is 17.3. The number of benzene rings is 2. The molecule has 0 saturated carbocycles. The number of amides is 2. The Kier molecular flexibility index (Phi) is 5.57. The first kappa shape index (κ1) is 20.0. The molecule has 5 rings (SSSR count). The third-order valence-electron chi connectivity index (χ3n) is 6.16. The first-order chi connectivity index (χ1) is 15.2. The molecule has 8 nitrogen and oxygen atoms in total. The summed E-state index contributed by atoms with van der Waals surface area (Å²) in [6, 6.07) is 10.3. The maximum atomic E-state index is 12.4. The van der Waals surface area contributed by atoms with Gasteiger partial charge in [0.1, 0.15) is 18.1 Å². The Labute approximate surface area is 179 Å². The molecule has 0 unspecified atom stereocenters. The van der Waals surface area contributed by atoms with E-state index in [1.807, 2.05) is 30.3 Å². The molecule has 3 aromatic rings. The number of carbonyl (C=O) groups is 2. The van der Waals surface area contributed by atoms with Crippen molar-refractivity contribution in [2.75, 3.05) is 26.2 Å². The first-order valence-electron chi connectivity index (χ1n) is 10.9. The molecule has 162 valence electrons. The molecule has 0 radical (unpaired) electrons. The summed E-state index contributed by atoms with van der Waals surface area (Å²) in [4.78, 5) is 23.9. The van der Waals surface area contributed by atoms with Crippen molar-refractivity contribution >= 4 is 33.6 Å². The molecule has 2 aliphatic rings. The predicted octanol–water partition coefficient (Wildman–Crippen LogP) is 2.22. The van der Waals surface area contributed by atoms with Gasteiger partial charge in [-0.05, 0) is 67.4 Å². The van der Waals surface area contributed by atoms with Gasteiger partial charge < -0.3 is 19.9 Å². The van der Waals surface area contributed by atoms with Crippen LogP contribution >= 0.6 is 0 Å². The van der Waals surface area contributed by atoms with Crippen molar-refractivity contribution in [3.05, 3.63) is 36.0 Å². The molecule has 31 heavy (non-hydrogen) atoms. The van der Waals surface area contributed by atoms with E-state index in [4.69, 9.17) is 9.26 Å². The molecule has 0 spiro atoms. The predicted molar refractivity (Wildman–Crippen MR) is 116 cm³/mol. The average molecular weight is 422 g/mol. The third kappa shape index (κ3) is 4.13. The molecule has 2 saturated heterocycles. The molecular weight excluding hydrogens is 396 g/mol. The molecule has 2 aliphatic heterocycles. The number of hydrogen-bond donors (Lipinski definition) is 3. The first-order valence-corrected chi connectivity index (χ1v) is 10.9. The summed E-state index contributed by atoms with van der Waals surface area (Å²) in [6.07, 6.45) is 3.05. The minimum Gasteiger partial charge on any atom is -0.492 e. The normalized spacial score (nSPS) is 20.3. The summed E-state index contributed by atoms with van der Waals surface area (Å²) < 4.78 is 11.4. The highest BCUT2D eigenvalue weighted by Crippen LogP contribution is 2.36. The molecule has 0 bridgehead atoms. The summed E-state index contributed by atoms with van der Waals surface area (Å²) >= 11 is 0. The van der Waals surface area contributed by atoms with Gasteiger partial charge in [-0.2, -0.15) is 0 Å². The Hall–Kier alpha value is -2.97. The van der Waals surface area contributed by atoms with E-state index in [-0.39, 0.29) is 11.8 Å². The van der Waals surface area contributed by atoms with E-state index in [9.17, 15) is 9.59 Å². The maximum absolute atomic E-state index is 12.4. The molecule has 0 aliphatic carbocycles. The Morgan fingerprint density at radius 3 is 2.84 bits per heavy atom. The van der Waals surface area contributed by atoms with Gasteiger partial charge in [-0.1, -0.05) is 11.2 Å². The summed E-state index contributed by atoms with van der Waals surface area (Å²) in [5.41, 5.74) is 1.22. The number of fused-ring (bicyclic) bond motifs is 3. The molecule has 8 heteroatoms. The smallest absolute Gasteiger partial charge is 0.235 e. The topological polar surface area (TPSA) is 105 Å². The summed E-state index contributed by atoms with van der Waals surface area (Å²) in [7, 11) is 0. The van der Waals surface area contributed by atoms with Crippen LogP contribution in [-0.2, 0) is 9.59 Å². The monoisotopic (exact) mass is 422 g/mol. The Balaban J connectivity index is 1.33. The molecular formula is C23H26N4O4. The Bertz CT molecular complexity index is 1120. The number of aromatic nitrogens is 1. The van der Waals surface area contributed by atoms with E-state index < -0.39 is 5.92 Å². The molecule has 3 heterocycles. The number of hydrogen-bond acceptors (Lipinski definition) is 7. The zero-order chi connectivity index (χ0) is 21.2. The second-order valence-corrected chi connectivity index (χ2v) is 8.22. The van der Waals surface area contributed by atoms with E-state index in [0.717, 1.165) is 54.4 Å². The van der Waals surface area contributed by atoms with Crippen LogP contribution in [0.4, 0.5) is 0 Å². The van der Waals surface area contributed by atoms with Gasteiger partial charge in [-0.15, -0.1) is 0 Å². The van der Waals surface area contributed by atoms with E-state index in [1.54, 1.807) is 0 Å². The van der Waals surface area contributed by atoms with E-state index in [2.05, 4.69) is 21.1 Å². The van der Waals surface area contributed by atoms with Crippen LogP contribution in [0.5, 0.6) is 5.75 Å². The number of nitrogens with one attached hydrogen (secondary N) is 3. The fourth-order valence-corrected chi connectivity index (χ4v) is 4.51. The van der Waals surface area contributed by atoms with Crippen LogP contribution in [0.1, 0.15) is 37.3 Å². The molecule has 3 N–H and O–H groups in total. The highest BCUT2D eigenvalue weighted by molar-refractivity contribution is 6.10. The van der Waals surface area contributed by atoms with Crippen LogP contribution in [0, 0.1) is 0 Å². The lowest BCUT2D eigenvalue weighted by Gasteiger charge is -2.23. The largest absolute Gasteiger partial charge is 0.492 e. The van der Waals surface area contributed by atoms with Gasteiger partial charge in [-0.25, -0.2) is 0 Å². The number of carbonyl (C=O) groups excluding carboxylic acids is 2. The van der Waals surface area contributed by atoms with Crippen molar-refractivity contribution in [2.45, 2.75) is 37.6 Å². The lowest BCUT2D eigenvalue weighted by Crippen LogP contribution is -2.41. The lowest BCUT2D eigenvalue weighted by molar-refractivity contribution is -0.134. The van der Waals surface area contributed by atoms with Crippen LogP contribution in [0.15, 0.2) is 34.9 Å². The highest BCUT2D eigenvalue weighted by atomic mass is 16.5. The Morgan fingerprint density at radius 2 is 2.00 bits per heavy atom. The molecule has 2 aromatic carbocycles. The standard InChI is InChI=1S/C23H26N4O4/c28-20-6-4-18(23(29)26-20)22-21-17-3-2-16(13-14(17)1-5-19(21)31-27-22)30-12-11-25-15-7-9-24-10-8-15/h1-3,5,13,15,18,24-25H,4,6-12H2,(H,26,28,29)/t18-/m0/s1. The SMILES string of the molecule is O=C1CC[C@@H](c2noc3ccc4cc(OCCNC5CCNCC5)ccc4c23)C(=O)N1. The van der Waals surface area contributed by atoms with Crippen molar-refractivity contribution in [3.8, 4) is 5.75 Å². The molecule has 2 fully saturated rings. The minimum atomic E-state index is -0.485. The van der Waals surface area contributed by atoms with Crippen LogP contribution < -0.4 is 20.7 Å². The number of ether oxygens (including phenoxy) is 1. The molecule has 1 atom stereocenters. The Morgan fingerprint density at radius 1 is 1.13 bits per heavy atom. The van der Waals surface area contributed by atoms with Crippen LogP contribution in [-0.4, -0.2) is 49.3 Å². The van der Waals surface area contributed by atoms with Gasteiger partial charge in [0.05, 0.1) is 11.3 Å². The van der Waals surface area contributed by atoms with Gasteiger partial charge in [0.15, 0.2) is 5.58 Å². The summed E-state index contributed by atoms with van der Waals surface area (Å²) in [5, 5.41) is 16.3. The lowest BCUT2D eigenvalue weighted by atomic mass is 9.91. The number of piperidine rings is 2. The average Bonchev–Trinajstić information content (AvgIpc) is 3.21. The number of rotatable bonds is 6. The second-order valence-electron chi connectivity index (χ2n) is 8.22. The van der Waals surface area contributed by atoms with Crippen molar-refractivity contribution in [1.29, 1.82) is 0 Å². The van der Waals surface area contributed by atoms with E-state index in [1.165, 1.54) is 0 Å². The fourth-order valence-electron chi connectivity index (χ4n) is 4.51. The van der Waals surface area contributed by atoms with Crippen LogP contribution in [0.25, 0.3) is 21.7 Å². The van der Waals surface area contributed by atoms with Crippen molar-refractivity contribution in [3.63, 3.8) is 0 Å². The summed E-state index contributed by atoms with van der Waals surface area (Å²) in [5.74, 6) is -0.237. The number of nitrogens with zero attached hydrogens (tertiary/aromatic N) is 1. The third-order valence-corrected chi connectivity index (χ3v) is 6.16. The van der Waals surface area contributed by atoms with Gasteiger partial charge in [0, 0.05) is 19.0 Å². The van der Waals surface area contributed by atoms with Gasteiger partial charge >= 0.3 is 0 Å². The van der Waals surface area contributed by atoms with Crippen molar-refractivity contribution in [1.82, 2.24) is 21.1 Å². The second kappa shape index (κ2) is 8.64. The zero-order valence-corrected chi connectivity index (χ0v) is 17.3.